The maximum Gasteiger partial charge on any atom is 0.389 e. The molecule has 1 aromatic rings. The van der Waals surface area contributed by atoms with Gasteiger partial charge in [0.2, 0.25) is 0 Å². The molecule has 0 aliphatic carbocycles. The monoisotopic (exact) mass is 313 g/mol. The number of hydrogen-bond donors (Lipinski definition) is 1. The van der Waals surface area contributed by atoms with Gasteiger partial charge in [0, 0.05) is 16.9 Å². The van der Waals surface area contributed by atoms with Crippen LogP contribution in [0.3, 0.4) is 0 Å². The van der Waals surface area contributed by atoms with Gasteiger partial charge in [0.05, 0.1) is 0 Å². The van der Waals surface area contributed by atoms with E-state index in [0.717, 1.165) is 0 Å². The lowest BCUT2D eigenvalue weighted by atomic mass is 10.0. The van der Waals surface area contributed by atoms with Gasteiger partial charge in [0.25, 0.3) is 0 Å². The van der Waals surface area contributed by atoms with Gasteiger partial charge in [0.1, 0.15) is 5.82 Å². The minimum atomic E-state index is -4.17. The van der Waals surface area contributed by atoms with Crippen molar-refractivity contribution in [2.75, 3.05) is 0 Å². The fourth-order valence-corrected chi connectivity index (χ4v) is 2.02. The van der Waals surface area contributed by atoms with Crippen molar-refractivity contribution >= 4 is 15.9 Å². The van der Waals surface area contributed by atoms with Crippen LogP contribution in [0.4, 0.5) is 17.6 Å². The summed E-state index contributed by atoms with van der Waals surface area (Å²) >= 11 is 3.19. The van der Waals surface area contributed by atoms with E-state index < -0.39 is 24.5 Å². The Bertz CT molecular complexity index is 378. The first-order valence-corrected chi connectivity index (χ1v) is 5.86. The molecule has 0 aliphatic heterocycles. The number of benzene rings is 1. The van der Waals surface area contributed by atoms with Crippen LogP contribution in [0.5, 0.6) is 0 Å². The summed E-state index contributed by atoms with van der Waals surface area (Å²) in [4.78, 5) is 0. The van der Waals surface area contributed by atoms with E-state index >= 15 is 0 Å². The second-order valence-corrected chi connectivity index (χ2v) is 4.63. The Labute approximate surface area is 105 Å². The van der Waals surface area contributed by atoms with Crippen LogP contribution in [0.2, 0.25) is 0 Å². The van der Waals surface area contributed by atoms with E-state index in [1.165, 1.54) is 18.2 Å². The van der Waals surface area contributed by atoms with Crippen molar-refractivity contribution in [2.24, 2.45) is 5.73 Å². The zero-order chi connectivity index (χ0) is 13.1. The quantitative estimate of drug-likeness (QED) is 0.823. The summed E-state index contributed by atoms with van der Waals surface area (Å²) in [5.41, 5.74) is 6.22. The van der Waals surface area contributed by atoms with Crippen molar-refractivity contribution in [3.05, 3.63) is 34.1 Å². The SMILES string of the molecule is NC(CCCC(F)(F)F)c1cc(F)ccc1Br. The number of hydrogen-bond acceptors (Lipinski definition) is 1. The Balaban J connectivity index is 2.58. The van der Waals surface area contributed by atoms with E-state index in [1.54, 1.807) is 0 Å². The first-order valence-electron chi connectivity index (χ1n) is 5.07. The molecule has 0 spiro atoms. The third-order valence-electron chi connectivity index (χ3n) is 2.33. The summed E-state index contributed by atoms with van der Waals surface area (Å²) in [5, 5.41) is 0. The van der Waals surface area contributed by atoms with Crippen LogP contribution < -0.4 is 5.73 Å². The molecule has 1 unspecified atom stereocenters. The zero-order valence-electron chi connectivity index (χ0n) is 8.90. The number of halogens is 5. The highest BCUT2D eigenvalue weighted by molar-refractivity contribution is 9.10. The second kappa shape index (κ2) is 5.82. The standard InChI is InChI=1S/C11H12BrF4N/c12-9-4-3-7(13)6-8(9)10(17)2-1-5-11(14,15)16/h3-4,6,10H,1-2,5,17H2. The Kier molecular flexibility index (Phi) is 4.94. The van der Waals surface area contributed by atoms with Gasteiger partial charge in [-0.15, -0.1) is 0 Å². The molecular formula is C11H12BrF4N. The van der Waals surface area contributed by atoms with Gasteiger partial charge < -0.3 is 5.73 Å². The van der Waals surface area contributed by atoms with Gasteiger partial charge in [0.15, 0.2) is 0 Å². The molecule has 1 aromatic carbocycles. The van der Waals surface area contributed by atoms with Crippen molar-refractivity contribution < 1.29 is 17.6 Å². The normalized spacial score (nSPS) is 13.8. The number of rotatable bonds is 4. The Morgan fingerprint density at radius 1 is 1.29 bits per heavy atom. The van der Waals surface area contributed by atoms with Crippen molar-refractivity contribution in [3.8, 4) is 0 Å². The minimum Gasteiger partial charge on any atom is -0.324 e. The van der Waals surface area contributed by atoms with Crippen molar-refractivity contribution in [3.63, 3.8) is 0 Å². The Morgan fingerprint density at radius 3 is 2.53 bits per heavy atom. The lowest BCUT2D eigenvalue weighted by molar-refractivity contribution is -0.135. The first-order chi connectivity index (χ1) is 7.79. The number of alkyl halides is 3. The summed E-state index contributed by atoms with van der Waals surface area (Å²) in [7, 11) is 0. The molecule has 0 radical (unpaired) electrons. The molecule has 17 heavy (non-hydrogen) atoms. The van der Waals surface area contributed by atoms with Gasteiger partial charge in [-0.05, 0) is 36.6 Å². The van der Waals surface area contributed by atoms with Crippen molar-refractivity contribution in [1.82, 2.24) is 0 Å². The van der Waals surface area contributed by atoms with E-state index in [0.29, 0.717) is 10.0 Å². The topological polar surface area (TPSA) is 26.0 Å². The van der Waals surface area contributed by atoms with E-state index in [9.17, 15) is 17.6 Å². The predicted octanol–water partition coefficient (Wildman–Crippen LogP) is 4.32. The van der Waals surface area contributed by atoms with Gasteiger partial charge in [-0.2, -0.15) is 13.2 Å². The van der Waals surface area contributed by atoms with Crippen LogP contribution >= 0.6 is 15.9 Å². The van der Waals surface area contributed by atoms with Gasteiger partial charge in [-0.3, -0.25) is 0 Å². The van der Waals surface area contributed by atoms with E-state index in [1.807, 2.05) is 0 Å². The largest absolute Gasteiger partial charge is 0.389 e. The van der Waals surface area contributed by atoms with Crippen molar-refractivity contribution in [1.29, 1.82) is 0 Å². The van der Waals surface area contributed by atoms with E-state index in [4.69, 9.17) is 5.73 Å². The Hall–Kier alpha value is -0.620. The number of nitrogens with two attached hydrogens (primary N) is 1. The predicted molar refractivity (Wildman–Crippen MR) is 60.9 cm³/mol. The smallest absolute Gasteiger partial charge is 0.324 e. The van der Waals surface area contributed by atoms with E-state index in [2.05, 4.69) is 15.9 Å². The summed E-state index contributed by atoms with van der Waals surface area (Å²) in [6, 6.07) is 3.40. The van der Waals surface area contributed by atoms with Gasteiger partial charge >= 0.3 is 6.18 Å². The molecular weight excluding hydrogens is 302 g/mol. The molecule has 1 atom stereocenters. The van der Waals surface area contributed by atoms with E-state index in [-0.39, 0.29) is 12.8 Å². The molecule has 0 bridgehead atoms. The Morgan fingerprint density at radius 2 is 1.94 bits per heavy atom. The molecule has 96 valence electrons. The molecule has 0 aromatic heterocycles. The molecule has 0 fully saturated rings. The van der Waals surface area contributed by atoms with Crippen LogP contribution in [0.1, 0.15) is 30.9 Å². The van der Waals surface area contributed by atoms with Crippen molar-refractivity contribution in [2.45, 2.75) is 31.5 Å². The molecule has 0 saturated carbocycles. The maximum absolute atomic E-state index is 13.0. The fourth-order valence-electron chi connectivity index (χ4n) is 1.48. The molecule has 1 rings (SSSR count). The van der Waals surface area contributed by atoms with Crippen LogP contribution in [-0.2, 0) is 0 Å². The third-order valence-corrected chi connectivity index (χ3v) is 3.06. The zero-order valence-corrected chi connectivity index (χ0v) is 10.5. The summed E-state index contributed by atoms with van der Waals surface area (Å²) < 4.78 is 49.4. The van der Waals surface area contributed by atoms with Crippen LogP contribution in [0.25, 0.3) is 0 Å². The highest BCUT2D eigenvalue weighted by Crippen LogP contribution is 2.28. The second-order valence-electron chi connectivity index (χ2n) is 3.78. The van der Waals surface area contributed by atoms with Crippen LogP contribution in [-0.4, -0.2) is 6.18 Å². The summed E-state index contributed by atoms with van der Waals surface area (Å²) in [6.45, 7) is 0. The molecule has 2 N–H and O–H groups in total. The highest BCUT2D eigenvalue weighted by atomic mass is 79.9. The summed E-state index contributed by atoms with van der Waals surface area (Å²) in [6.07, 6.45) is -4.93. The molecule has 6 heteroatoms. The minimum absolute atomic E-state index is 0.0619. The van der Waals surface area contributed by atoms with Gasteiger partial charge in [-0.1, -0.05) is 15.9 Å². The molecule has 1 nitrogen and oxygen atoms in total. The van der Waals surface area contributed by atoms with Crippen LogP contribution in [0, 0.1) is 5.82 Å². The first kappa shape index (κ1) is 14.4. The fraction of sp³-hybridized carbons (Fsp3) is 0.455. The lowest BCUT2D eigenvalue weighted by Crippen LogP contribution is -2.13. The van der Waals surface area contributed by atoms with Gasteiger partial charge in [-0.25, -0.2) is 4.39 Å². The van der Waals surface area contributed by atoms with Crippen LogP contribution in [0.15, 0.2) is 22.7 Å². The third kappa shape index (κ3) is 5.04. The lowest BCUT2D eigenvalue weighted by Gasteiger charge is -2.14. The molecule has 0 aliphatic rings. The average molecular weight is 314 g/mol. The maximum atomic E-state index is 13.0. The molecule has 0 heterocycles. The average Bonchev–Trinajstić information content (AvgIpc) is 2.19. The molecule has 0 amide bonds. The molecule has 0 saturated heterocycles. The summed E-state index contributed by atoms with van der Waals surface area (Å²) in [5.74, 6) is -0.450. The highest BCUT2D eigenvalue weighted by Gasteiger charge is 2.26.